The molecule has 2 heterocycles. The van der Waals surface area contributed by atoms with E-state index in [4.69, 9.17) is 27.9 Å². The van der Waals surface area contributed by atoms with Crippen LogP contribution in [0.1, 0.15) is 38.5 Å². The molecule has 2 atom stereocenters. The molecule has 0 saturated carbocycles. The average molecular weight is 710 g/mol. The van der Waals surface area contributed by atoms with E-state index in [0.29, 0.717) is 9.59 Å². The zero-order chi connectivity index (χ0) is 34.9. The van der Waals surface area contributed by atoms with Gasteiger partial charge in [-0.2, -0.15) is 26.3 Å². The van der Waals surface area contributed by atoms with E-state index in [9.17, 15) is 41.0 Å². The fourth-order valence-electron chi connectivity index (χ4n) is 4.15. The third kappa shape index (κ3) is 8.91. The Kier molecular flexibility index (Phi) is 10.4. The van der Waals surface area contributed by atoms with Gasteiger partial charge in [0.05, 0.1) is 29.5 Å². The van der Waals surface area contributed by atoms with Gasteiger partial charge in [0.1, 0.15) is 12.6 Å². The lowest BCUT2D eigenvalue weighted by Crippen LogP contribution is -2.42. The van der Waals surface area contributed by atoms with Gasteiger partial charge in [-0.15, -0.1) is 10.2 Å². The molecular formula is C28H27Cl2F6N7O4. The second-order valence-electron chi connectivity index (χ2n) is 11.1. The molecule has 4 rings (SSSR count). The van der Waals surface area contributed by atoms with Crippen molar-refractivity contribution in [2.45, 2.75) is 64.0 Å². The number of carbonyl (C=O) groups excluding carboxylic acids is 1. The first-order valence-corrected chi connectivity index (χ1v) is 14.4. The van der Waals surface area contributed by atoms with Gasteiger partial charge in [-0.05, 0) is 57.2 Å². The highest BCUT2D eigenvalue weighted by atomic mass is 35.5. The molecule has 0 radical (unpaired) electrons. The van der Waals surface area contributed by atoms with Crippen molar-refractivity contribution in [3.8, 4) is 17.1 Å². The van der Waals surface area contributed by atoms with Crippen LogP contribution in [0.5, 0.6) is 0 Å². The van der Waals surface area contributed by atoms with E-state index < -0.39 is 61.4 Å². The van der Waals surface area contributed by atoms with Crippen LogP contribution in [0.3, 0.4) is 0 Å². The molecule has 0 aliphatic heterocycles. The van der Waals surface area contributed by atoms with Crippen LogP contribution in [0.25, 0.3) is 17.1 Å². The van der Waals surface area contributed by atoms with Crippen LogP contribution in [-0.2, 0) is 22.6 Å². The number of halogens is 8. The summed E-state index contributed by atoms with van der Waals surface area (Å²) in [6.07, 6.45) is -13.3. The molecule has 254 valence electrons. The highest BCUT2D eigenvalue weighted by Crippen LogP contribution is 2.27. The van der Waals surface area contributed by atoms with Gasteiger partial charge in [0.15, 0.2) is 23.6 Å². The highest BCUT2D eigenvalue weighted by Gasteiger charge is 2.42. The van der Waals surface area contributed by atoms with E-state index >= 15 is 0 Å². The molecule has 11 nitrogen and oxygen atoms in total. The molecule has 2 N–H and O–H groups in total. The lowest BCUT2D eigenvalue weighted by atomic mass is 10.2. The minimum absolute atomic E-state index is 0.0930. The number of para-hydroxylation sites is 1. The second-order valence-corrected chi connectivity index (χ2v) is 12.0. The Bertz CT molecular complexity index is 1780. The monoisotopic (exact) mass is 709 g/mol. The van der Waals surface area contributed by atoms with Crippen molar-refractivity contribution in [1.82, 2.24) is 34.4 Å². The fraction of sp³-hybridized carbons (Fsp3) is 0.393. The van der Waals surface area contributed by atoms with Crippen LogP contribution < -0.4 is 11.0 Å². The molecule has 0 unspecified atom stereocenters. The normalized spacial score (nSPS) is 13.9. The smallest absolute Gasteiger partial charge is 0.382 e. The number of hydrogen-bond acceptors (Lipinski definition) is 7. The van der Waals surface area contributed by atoms with Crippen LogP contribution >= 0.6 is 23.2 Å². The first-order valence-electron chi connectivity index (χ1n) is 13.7. The first-order chi connectivity index (χ1) is 21.7. The minimum atomic E-state index is -5.27. The van der Waals surface area contributed by atoms with Gasteiger partial charge in [-0.1, -0.05) is 35.3 Å². The summed E-state index contributed by atoms with van der Waals surface area (Å²) in [6, 6.07) is 10.1. The maximum atomic E-state index is 13.4. The van der Waals surface area contributed by atoms with Crippen LogP contribution in [0.15, 0.2) is 53.3 Å². The predicted octanol–water partition coefficient (Wildman–Crippen LogP) is 5.11. The number of benzene rings is 2. The maximum Gasteiger partial charge on any atom is 0.471 e. The number of aliphatic hydroxyl groups excluding tert-OH is 1. The first kappa shape index (κ1) is 35.9. The van der Waals surface area contributed by atoms with Gasteiger partial charge in [-0.25, -0.2) is 19.1 Å². The summed E-state index contributed by atoms with van der Waals surface area (Å²) in [5.74, 6) is -3.06. The number of alkyl halides is 6. The topological polar surface area (TPSA) is 129 Å². The Hall–Kier alpha value is -3.93. The lowest BCUT2D eigenvalue weighted by molar-refractivity contribution is -0.207. The van der Waals surface area contributed by atoms with Gasteiger partial charge in [-0.3, -0.25) is 9.36 Å². The van der Waals surface area contributed by atoms with Crippen LogP contribution in [0, 0.1) is 0 Å². The third-order valence-electron chi connectivity index (χ3n) is 6.36. The molecule has 0 spiro atoms. The molecule has 1 amide bonds. The van der Waals surface area contributed by atoms with E-state index in [0.717, 1.165) is 9.36 Å². The zero-order valence-electron chi connectivity index (χ0n) is 24.8. The molecular weight excluding hydrogens is 683 g/mol. The van der Waals surface area contributed by atoms with Crippen LogP contribution in [0.4, 0.5) is 26.3 Å². The summed E-state index contributed by atoms with van der Waals surface area (Å²) in [6.45, 7) is 2.60. The quantitative estimate of drug-likeness (QED) is 0.219. The number of nitrogens with one attached hydrogen (secondary N) is 1. The Morgan fingerprint density at radius 2 is 1.64 bits per heavy atom. The summed E-state index contributed by atoms with van der Waals surface area (Å²) in [7, 11) is 0. The number of rotatable bonds is 10. The Balaban J connectivity index is 1.84. The molecule has 2 aromatic carbocycles. The molecule has 47 heavy (non-hydrogen) atoms. The van der Waals surface area contributed by atoms with Crippen molar-refractivity contribution in [3.05, 3.63) is 80.7 Å². The van der Waals surface area contributed by atoms with Crippen molar-refractivity contribution in [1.29, 1.82) is 0 Å². The van der Waals surface area contributed by atoms with Crippen LogP contribution in [0.2, 0.25) is 10.0 Å². The standard InChI is InChI=1S/C28H27Cl2F6N7O4/c1-26(2,3)47-14-18(37-24(45)28(34,35)36)23-38-21(39-43(23)19-7-5-4-6-17(19)30)13-42-25(46)41(12-20(44)27(31,32)33)22(40-42)15-8-10-16(29)11-9-15/h4-11,18,20,44H,12-14H2,1-3H3,(H,37,45)/t18-,20-/m0/s1. The van der Waals surface area contributed by atoms with E-state index in [2.05, 4.69) is 15.2 Å². The number of ether oxygens (including phenoxy) is 1. The Labute approximate surface area is 272 Å². The van der Waals surface area contributed by atoms with Gasteiger partial charge in [0.25, 0.3) is 0 Å². The summed E-state index contributed by atoms with van der Waals surface area (Å²) in [4.78, 5) is 29.7. The average Bonchev–Trinajstić information content (AvgIpc) is 3.51. The SMILES string of the molecule is CC(C)(C)OC[C@H](NC(=O)C(F)(F)F)c1nc(Cn2nc(-c3ccc(Cl)cc3)n(C[C@H](O)C(F)(F)F)c2=O)nn1-c1ccccc1Cl. The minimum Gasteiger partial charge on any atom is -0.382 e. The van der Waals surface area contributed by atoms with Gasteiger partial charge < -0.3 is 15.2 Å². The number of hydrogen-bond donors (Lipinski definition) is 2. The van der Waals surface area contributed by atoms with Crippen LogP contribution in [-0.4, -0.2) is 70.8 Å². The van der Waals surface area contributed by atoms with E-state index in [1.165, 1.54) is 36.4 Å². The molecule has 0 saturated heterocycles. The number of carbonyl (C=O) groups is 1. The second kappa shape index (κ2) is 13.7. The molecule has 2 aromatic heterocycles. The summed E-state index contributed by atoms with van der Waals surface area (Å²) in [5.41, 5.74) is -1.63. The van der Waals surface area contributed by atoms with E-state index in [-0.39, 0.29) is 33.7 Å². The van der Waals surface area contributed by atoms with Crippen molar-refractivity contribution in [3.63, 3.8) is 0 Å². The van der Waals surface area contributed by atoms with Crippen molar-refractivity contribution in [2.75, 3.05) is 6.61 Å². The van der Waals surface area contributed by atoms with Crippen molar-refractivity contribution < 1.29 is 41.0 Å². The lowest BCUT2D eigenvalue weighted by Gasteiger charge is -2.25. The van der Waals surface area contributed by atoms with Gasteiger partial charge >= 0.3 is 23.9 Å². The predicted molar refractivity (Wildman–Crippen MR) is 157 cm³/mol. The zero-order valence-corrected chi connectivity index (χ0v) is 26.3. The largest absolute Gasteiger partial charge is 0.471 e. The summed E-state index contributed by atoms with van der Waals surface area (Å²) in [5, 5.41) is 20.5. The van der Waals surface area contributed by atoms with Crippen molar-refractivity contribution >= 4 is 29.1 Å². The third-order valence-corrected chi connectivity index (χ3v) is 6.94. The summed E-state index contributed by atoms with van der Waals surface area (Å²) >= 11 is 12.3. The van der Waals surface area contributed by atoms with Crippen molar-refractivity contribution in [2.24, 2.45) is 0 Å². The molecule has 19 heteroatoms. The van der Waals surface area contributed by atoms with Gasteiger partial charge in [0, 0.05) is 10.6 Å². The van der Waals surface area contributed by atoms with Gasteiger partial charge in [0.2, 0.25) is 0 Å². The fourth-order valence-corrected chi connectivity index (χ4v) is 4.49. The Morgan fingerprint density at radius 3 is 2.21 bits per heavy atom. The maximum absolute atomic E-state index is 13.4. The number of amides is 1. The number of aromatic nitrogens is 6. The van der Waals surface area contributed by atoms with E-state index in [1.54, 1.807) is 32.9 Å². The molecule has 0 aliphatic carbocycles. The molecule has 0 fully saturated rings. The van der Waals surface area contributed by atoms with E-state index in [1.807, 2.05) is 5.32 Å². The molecule has 4 aromatic rings. The Morgan fingerprint density at radius 1 is 1.00 bits per heavy atom. The molecule has 0 aliphatic rings. The number of nitrogens with zero attached hydrogens (tertiary/aromatic N) is 6. The highest BCUT2D eigenvalue weighted by molar-refractivity contribution is 6.32. The summed E-state index contributed by atoms with van der Waals surface area (Å²) < 4.78 is 87.9. The number of aliphatic hydroxyl groups is 1. The molecule has 0 bridgehead atoms.